The summed E-state index contributed by atoms with van der Waals surface area (Å²) in [5.74, 6) is -1.23. The first-order valence-corrected chi connectivity index (χ1v) is 7.95. The number of rotatable bonds is 4. The van der Waals surface area contributed by atoms with Crippen molar-refractivity contribution in [2.45, 2.75) is 19.3 Å². The van der Waals surface area contributed by atoms with Gasteiger partial charge in [-0.05, 0) is 24.5 Å². The van der Waals surface area contributed by atoms with Crippen LogP contribution in [0, 0.1) is 5.92 Å². The summed E-state index contributed by atoms with van der Waals surface area (Å²) in [4.78, 5) is 38.5. The Morgan fingerprint density at radius 3 is 2.42 bits per heavy atom. The van der Waals surface area contributed by atoms with Gasteiger partial charge in [0, 0.05) is 38.8 Å². The van der Waals surface area contributed by atoms with E-state index in [9.17, 15) is 14.4 Å². The van der Waals surface area contributed by atoms with E-state index in [2.05, 4.69) is 5.32 Å². The first-order valence-electron chi connectivity index (χ1n) is 7.95. The van der Waals surface area contributed by atoms with Gasteiger partial charge in [-0.15, -0.1) is 0 Å². The summed E-state index contributed by atoms with van der Waals surface area (Å²) in [6.45, 7) is 1.09. The van der Waals surface area contributed by atoms with E-state index in [1.165, 1.54) is 4.90 Å². The molecule has 0 spiro atoms. The van der Waals surface area contributed by atoms with Crippen molar-refractivity contribution in [2.75, 3.05) is 32.5 Å². The molecule has 0 saturated carbocycles. The molecule has 1 aliphatic rings. The predicted molar refractivity (Wildman–Crippen MR) is 89.8 cm³/mol. The van der Waals surface area contributed by atoms with Crippen molar-refractivity contribution in [2.24, 2.45) is 5.92 Å². The summed E-state index contributed by atoms with van der Waals surface area (Å²) in [6.07, 6.45) is 1.07. The third-order valence-electron chi connectivity index (χ3n) is 4.14. The van der Waals surface area contributed by atoms with E-state index in [4.69, 9.17) is 5.11 Å². The van der Waals surface area contributed by atoms with Crippen LogP contribution in [0.15, 0.2) is 24.3 Å². The van der Waals surface area contributed by atoms with Crippen LogP contribution >= 0.6 is 0 Å². The van der Waals surface area contributed by atoms with E-state index in [-0.39, 0.29) is 24.3 Å². The van der Waals surface area contributed by atoms with Crippen LogP contribution in [0.4, 0.5) is 10.5 Å². The number of carboxylic acid groups (broad SMARTS) is 1. The molecule has 1 saturated heterocycles. The number of hydrogen-bond donors (Lipinski definition) is 2. The number of nitrogens with one attached hydrogen (secondary N) is 1. The van der Waals surface area contributed by atoms with Crippen molar-refractivity contribution in [3.8, 4) is 0 Å². The molecule has 0 radical (unpaired) electrons. The first kappa shape index (κ1) is 17.8. The first-order chi connectivity index (χ1) is 11.4. The lowest BCUT2D eigenvalue weighted by molar-refractivity contribution is -0.136. The average molecular weight is 333 g/mol. The van der Waals surface area contributed by atoms with E-state index in [1.807, 2.05) is 0 Å². The van der Waals surface area contributed by atoms with E-state index < -0.39 is 5.97 Å². The maximum absolute atomic E-state index is 12.4. The second kappa shape index (κ2) is 7.81. The van der Waals surface area contributed by atoms with Crippen molar-refractivity contribution in [1.82, 2.24) is 9.80 Å². The van der Waals surface area contributed by atoms with E-state index in [0.717, 1.165) is 0 Å². The largest absolute Gasteiger partial charge is 0.481 e. The van der Waals surface area contributed by atoms with Crippen molar-refractivity contribution in [3.05, 3.63) is 29.8 Å². The zero-order chi connectivity index (χ0) is 17.7. The Bertz CT molecular complexity index is 622. The lowest BCUT2D eigenvalue weighted by Gasteiger charge is -2.33. The molecule has 2 N–H and O–H groups in total. The van der Waals surface area contributed by atoms with Gasteiger partial charge < -0.3 is 20.2 Å². The zero-order valence-corrected chi connectivity index (χ0v) is 14.0. The average Bonchev–Trinajstić information content (AvgIpc) is 2.55. The second-order valence-electron chi connectivity index (χ2n) is 6.16. The summed E-state index contributed by atoms with van der Waals surface area (Å²) in [6, 6.07) is 6.88. The molecule has 1 aromatic carbocycles. The maximum atomic E-state index is 12.4. The minimum atomic E-state index is -0.938. The Morgan fingerprint density at radius 2 is 1.83 bits per heavy atom. The van der Waals surface area contributed by atoms with Gasteiger partial charge in [0.05, 0.1) is 6.42 Å². The van der Waals surface area contributed by atoms with Crippen LogP contribution in [-0.2, 0) is 16.0 Å². The normalized spacial score (nSPS) is 15.0. The van der Waals surface area contributed by atoms with Gasteiger partial charge in [-0.3, -0.25) is 9.59 Å². The molecule has 0 bridgehead atoms. The highest BCUT2D eigenvalue weighted by molar-refractivity contribution is 5.94. The van der Waals surface area contributed by atoms with E-state index >= 15 is 0 Å². The van der Waals surface area contributed by atoms with Gasteiger partial charge in [-0.1, -0.05) is 18.2 Å². The summed E-state index contributed by atoms with van der Waals surface area (Å²) in [7, 11) is 3.42. The van der Waals surface area contributed by atoms with Crippen molar-refractivity contribution < 1.29 is 19.5 Å². The standard InChI is InChI=1S/C17H23N3O4/c1-19(2)17(24)20-9-7-12(8-10-20)16(23)18-14-6-4-3-5-13(14)11-15(21)22/h3-6,12H,7-11H2,1-2H3,(H,18,23)(H,21,22). The maximum Gasteiger partial charge on any atom is 0.319 e. The minimum Gasteiger partial charge on any atom is -0.481 e. The summed E-state index contributed by atoms with van der Waals surface area (Å²) in [5.41, 5.74) is 1.12. The molecule has 1 heterocycles. The molecular formula is C17H23N3O4. The van der Waals surface area contributed by atoms with Crippen LogP contribution < -0.4 is 5.32 Å². The van der Waals surface area contributed by atoms with Gasteiger partial charge in [-0.2, -0.15) is 0 Å². The van der Waals surface area contributed by atoms with E-state index in [1.54, 1.807) is 43.3 Å². The summed E-state index contributed by atoms with van der Waals surface area (Å²) >= 11 is 0. The van der Waals surface area contributed by atoms with Gasteiger partial charge in [0.1, 0.15) is 0 Å². The smallest absolute Gasteiger partial charge is 0.319 e. The highest BCUT2D eigenvalue weighted by atomic mass is 16.4. The molecule has 2 rings (SSSR count). The number of nitrogens with zero attached hydrogens (tertiary/aromatic N) is 2. The minimum absolute atomic E-state index is 0.0411. The quantitative estimate of drug-likeness (QED) is 0.876. The molecular weight excluding hydrogens is 310 g/mol. The topological polar surface area (TPSA) is 90.0 Å². The van der Waals surface area contributed by atoms with Crippen LogP contribution in [0.3, 0.4) is 0 Å². The molecule has 7 heteroatoms. The molecule has 0 aromatic heterocycles. The summed E-state index contributed by atoms with van der Waals surface area (Å²) in [5, 5.41) is 11.8. The molecule has 0 aliphatic carbocycles. The number of aliphatic carboxylic acids is 1. The predicted octanol–water partition coefficient (Wildman–Crippen LogP) is 1.65. The van der Waals surface area contributed by atoms with Gasteiger partial charge in [-0.25, -0.2) is 4.79 Å². The van der Waals surface area contributed by atoms with Gasteiger partial charge in [0.25, 0.3) is 0 Å². The highest BCUT2D eigenvalue weighted by Crippen LogP contribution is 2.22. The van der Waals surface area contributed by atoms with Crippen LogP contribution in [0.5, 0.6) is 0 Å². The number of carbonyl (C=O) groups is 3. The number of urea groups is 1. The Kier molecular flexibility index (Phi) is 5.78. The monoisotopic (exact) mass is 333 g/mol. The van der Waals surface area contributed by atoms with Gasteiger partial charge >= 0.3 is 12.0 Å². The molecule has 7 nitrogen and oxygen atoms in total. The molecule has 0 atom stereocenters. The number of carboxylic acids is 1. The van der Waals surface area contributed by atoms with Crippen molar-refractivity contribution in [3.63, 3.8) is 0 Å². The van der Waals surface area contributed by atoms with Crippen LogP contribution in [0.1, 0.15) is 18.4 Å². The third-order valence-corrected chi connectivity index (χ3v) is 4.14. The second-order valence-corrected chi connectivity index (χ2v) is 6.16. The SMILES string of the molecule is CN(C)C(=O)N1CCC(C(=O)Nc2ccccc2CC(=O)O)CC1. The number of carbonyl (C=O) groups excluding carboxylic acids is 2. The van der Waals surface area contributed by atoms with Crippen LogP contribution in [0.2, 0.25) is 0 Å². The number of hydrogen-bond acceptors (Lipinski definition) is 3. The number of likely N-dealkylation sites (tertiary alicyclic amines) is 1. The fourth-order valence-electron chi connectivity index (χ4n) is 2.81. The van der Waals surface area contributed by atoms with Gasteiger partial charge in [0.15, 0.2) is 0 Å². The molecule has 0 unspecified atom stereocenters. The fraction of sp³-hybridized carbons (Fsp3) is 0.471. The molecule has 1 aliphatic heterocycles. The Morgan fingerprint density at radius 1 is 1.21 bits per heavy atom. The zero-order valence-electron chi connectivity index (χ0n) is 14.0. The van der Waals surface area contributed by atoms with Crippen molar-refractivity contribution in [1.29, 1.82) is 0 Å². The number of anilines is 1. The number of amides is 3. The Labute approximate surface area is 141 Å². The third kappa shape index (κ3) is 4.47. The van der Waals surface area contributed by atoms with Crippen LogP contribution in [0.25, 0.3) is 0 Å². The lowest BCUT2D eigenvalue weighted by Crippen LogP contribution is -2.45. The number of para-hydroxylation sites is 1. The fourth-order valence-corrected chi connectivity index (χ4v) is 2.81. The lowest BCUT2D eigenvalue weighted by atomic mass is 9.95. The molecule has 1 fully saturated rings. The van der Waals surface area contributed by atoms with E-state index in [0.29, 0.717) is 37.2 Å². The van der Waals surface area contributed by atoms with Crippen molar-refractivity contribution >= 4 is 23.6 Å². The summed E-state index contributed by atoms with van der Waals surface area (Å²) < 4.78 is 0. The Balaban J connectivity index is 1.95. The van der Waals surface area contributed by atoms with Gasteiger partial charge in [0.2, 0.25) is 5.91 Å². The molecule has 24 heavy (non-hydrogen) atoms. The number of benzene rings is 1. The highest BCUT2D eigenvalue weighted by Gasteiger charge is 2.28. The Hall–Kier alpha value is -2.57. The van der Waals surface area contributed by atoms with Crippen LogP contribution in [-0.4, -0.2) is 60.0 Å². The molecule has 130 valence electrons. The molecule has 1 aromatic rings. The molecule has 3 amide bonds. The number of piperidine rings is 1.